The molecule has 0 bridgehead atoms. The zero-order chi connectivity index (χ0) is 2.71. The average molecular weight is 84.1 g/mol. The van der Waals surface area contributed by atoms with Crippen LogP contribution in [0.1, 0.15) is 0 Å². The molecule has 0 saturated heterocycles. The van der Waals surface area contributed by atoms with Crippen LogP contribution in [0, 0.1) is 11.5 Å². The van der Waals surface area contributed by atoms with Crippen molar-refractivity contribution in [1.29, 1.82) is 5.26 Å². The summed E-state index contributed by atoms with van der Waals surface area (Å²) in [5.41, 5.74) is 4.15. The molecule has 4 heavy (non-hydrogen) atoms. The van der Waals surface area contributed by atoms with Gasteiger partial charge in [0.05, 0.1) is 0 Å². The van der Waals surface area contributed by atoms with Crippen LogP contribution in [0.5, 0.6) is 0 Å². The molecule has 3 heteroatoms. The zero-order valence-corrected chi connectivity index (χ0v) is 1.52. The van der Waals surface area contributed by atoms with Crippen molar-refractivity contribution in [3.05, 3.63) is 0 Å². The van der Waals surface area contributed by atoms with Gasteiger partial charge in [0.2, 0.25) is 0 Å². The Kier molecular flexibility index (Phi) is 21.2. The van der Waals surface area contributed by atoms with E-state index in [1.54, 1.807) is 0 Å². The fraction of sp³-hybridized carbons (Fsp3) is 0. The van der Waals surface area contributed by atoms with E-state index in [0.29, 0.717) is 0 Å². The fourth-order valence-electron chi connectivity index (χ4n) is 0. The first-order valence-electron chi connectivity index (χ1n) is 0.512. The molecule has 0 aliphatic heterocycles. The molecule has 0 amide bonds. The molecule has 0 radical (unpaired) electrons. The van der Waals surface area contributed by atoms with Crippen LogP contribution in [0.15, 0.2) is 0 Å². The third-order valence-corrected chi connectivity index (χ3v) is 0. The van der Waals surface area contributed by atoms with Crippen LogP contribution >= 0.6 is 0 Å². The third kappa shape index (κ3) is 20.3. The van der Waals surface area contributed by atoms with Gasteiger partial charge in [0.25, 0.3) is 0 Å². The van der Waals surface area contributed by atoms with E-state index in [0.717, 1.165) is 0 Å². The summed E-state index contributed by atoms with van der Waals surface area (Å²) in [5.74, 6) is 0. The standard InChI is InChI=1S/CH2N2.Ca.2H/c2-1-3;;;/h2H2;;;. The van der Waals surface area contributed by atoms with Gasteiger partial charge in [-0.2, -0.15) is 5.26 Å². The van der Waals surface area contributed by atoms with Crippen LogP contribution in [0.3, 0.4) is 0 Å². The van der Waals surface area contributed by atoms with Crippen LogP contribution in [-0.2, 0) is 0 Å². The van der Waals surface area contributed by atoms with Crippen molar-refractivity contribution in [2.45, 2.75) is 0 Å². The summed E-state index contributed by atoms with van der Waals surface area (Å²) in [6.45, 7) is 0. The maximum atomic E-state index is 7.10. The van der Waals surface area contributed by atoms with Gasteiger partial charge in [-0.25, -0.2) is 0 Å². The Labute approximate surface area is 54.6 Å². The Hall–Kier alpha value is 0.550. The molecular formula is CH4CaN2. The number of nitrogens with two attached hydrogens (primary N) is 1. The first-order valence-corrected chi connectivity index (χ1v) is 0.512. The normalized spacial score (nSPS) is 1.75. The number of nitriles is 1. The summed E-state index contributed by atoms with van der Waals surface area (Å²) >= 11 is 0. The molecule has 0 spiro atoms. The molecule has 0 saturated carbocycles. The van der Waals surface area contributed by atoms with Crippen molar-refractivity contribution < 1.29 is 0 Å². The molecule has 0 aliphatic rings. The van der Waals surface area contributed by atoms with Crippen LogP contribution in [0.2, 0.25) is 0 Å². The van der Waals surface area contributed by atoms with E-state index in [1.165, 1.54) is 6.19 Å². The number of hydrogen-bond acceptors (Lipinski definition) is 2. The van der Waals surface area contributed by atoms with Gasteiger partial charge in [-0.15, -0.1) is 0 Å². The summed E-state index contributed by atoms with van der Waals surface area (Å²) in [7, 11) is 0. The summed E-state index contributed by atoms with van der Waals surface area (Å²) < 4.78 is 0. The molecule has 0 heterocycles. The van der Waals surface area contributed by atoms with Gasteiger partial charge in [0.15, 0.2) is 6.19 Å². The van der Waals surface area contributed by atoms with Crippen molar-refractivity contribution in [1.82, 2.24) is 0 Å². The molecule has 0 aliphatic carbocycles. The minimum atomic E-state index is 0. The molecule has 2 nitrogen and oxygen atoms in total. The second-order valence-corrected chi connectivity index (χ2v) is 0.129. The molecule has 0 unspecified atom stereocenters. The molecule has 20 valence electrons. The summed E-state index contributed by atoms with van der Waals surface area (Å²) in [4.78, 5) is 0. The first-order chi connectivity index (χ1) is 1.41. The van der Waals surface area contributed by atoms with Crippen molar-refractivity contribution in [2.75, 3.05) is 0 Å². The second kappa shape index (κ2) is 9.61. The molecular weight excluding hydrogens is 80.1 g/mol. The quantitative estimate of drug-likeness (QED) is 0.221. The first kappa shape index (κ1) is 8.82. The van der Waals surface area contributed by atoms with E-state index in [-0.39, 0.29) is 37.7 Å². The molecule has 0 rings (SSSR count). The van der Waals surface area contributed by atoms with Gasteiger partial charge in [-0.05, 0) is 0 Å². The molecule has 0 atom stereocenters. The van der Waals surface area contributed by atoms with Gasteiger partial charge in [0.1, 0.15) is 0 Å². The maximum absolute atomic E-state index is 7.10. The minimum absolute atomic E-state index is 0. The van der Waals surface area contributed by atoms with Gasteiger partial charge in [0, 0.05) is 0 Å². The molecule has 0 aromatic rings. The van der Waals surface area contributed by atoms with Gasteiger partial charge in [-0.1, -0.05) is 0 Å². The van der Waals surface area contributed by atoms with E-state index < -0.39 is 0 Å². The Morgan fingerprint density at radius 3 is 1.75 bits per heavy atom. The van der Waals surface area contributed by atoms with Crippen molar-refractivity contribution >= 4 is 37.7 Å². The SMILES string of the molecule is N#CN.[CaH2]. The van der Waals surface area contributed by atoms with Gasteiger partial charge < -0.3 is 5.73 Å². The predicted octanol–water partition coefficient (Wildman–Crippen LogP) is -1.49. The van der Waals surface area contributed by atoms with Crippen LogP contribution < -0.4 is 5.73 Å². The van der Waals surface area contributed by atoms with Crippen molar-refractivity contribution in [2.24, 2.45) is 5.73 Å². The molecule has 0 aromatic carbocycles. The van der Waals surface area contributed by atoms with Crippen molar-refractivity contribution in [3.63, 3.8) is 0 Å². The van der Waals surface area contributed by atoms with Crippen LogP contribution in [0.25, 0.3) is 0 Å². The molecule has 0 fully saturated rings. The monoisotopic (exact) mass is 84.0 g/mol. The summed E-state index contributed by atoms with van der Waals surface area (Å²) in [6, 6.07) is 0. The average Bonchev–Trinajstić information content (AvgIpc) is 0.918. The second-order valence-electron chi connectivity index (χ2n) is 0.129. The summed E-state index contributed by atoms with van der Waals surface area (Å²) in [6.07, 6.45) is 1.25. The zero-order valence-electron chi connectivity index (χ0n) is 1.52. The number of rotatable bonds is 0. The fourth-order valence-corrected chi connectivity index (χ4v) is 0. The number of nitrogens with zero attached hydrogens (tertiary/aromatic N) is 1. The van der Waals surface area contributed by atoms with E-state index in [2.05, 4.69) is 5.73 Å². The van der Waals surface area contributed by atoms with Gasteiger partial charge >= 0.3 is 37.7 Å². The number of hydrogen-bond donors (Lipinski definition) is 1. The summed E-state index contributed by atoms with van der Waals surface area (Å²) in [5, 5.41) is 7.10. The van der Waals surface area contributed by atoms with Crippen LogP contribution in [0.4, 0.5) is 0 Å². The molecule has 0 aromatic heterocycles. The Balaban J connectivity index is 0. The van der Waals surface area contributed by atoms with E-state index in [1.807, 2.05) is 0 Å². The Morgan fingerprint density at radius 2 is 1.75 bits per heavy atom. The van der Waals surface area contributed by atoms with E-state index in [4.69, 9.17) is 5.26 Å². The Bertz CT molecular complexity index is 27.5. The Morgan fingerprint density at radius 1 is 1.75 bits per heavy atom. The third-order valence-electron chi connectivity index (χ3n) is 0. The van der Waals surface area contributed by atoms with Gasteiger partial charge in [-0.3, -0.25) is 0 Å². The van der Waals surface area contributed by atoms with Crippen molar-refractivity contribution in [3.8, 4) is 6.19 Å². The van der Waals surface area contributed by atoms with Crippen LogP contribution in [-0.4, -0.2) is 37.7 Å². The molecule has 2 N–H and O–H groups in total. The van der Waals surface area contributed by atoms with E-state index in [9.17, 15) is 0 Å². The predicted molar refractivity (Wildman–Crippen MR) is 18.3 cm³/mol. The van der Waals surface area contributed by atoms with E-state index >= 15 is 0 Å². The topological polar surface area (TPSA) is 49.8 Å².